The highest BCUT2D eigenvalue weighted by Crippen LogP contribution is 2.32. The van der Waals surface area contributed by atoms with Gasteiger partial charge >= 0.3 is 0 Å². The second-order valence-corrected chi connectivity index (χ2v) is 7.53. The van der Waals surface area contributed by atoms with Gasteiger partial charge in [-0.2, -0.15) is 5.10 Å². The number of amides is 1. The molecule has 0 bridgehead atoms. The first-order chi connectivity index (χ1) is 15.5. The number of nitrogens with two attached hydrogens (primary N) is 1. The summed E-state index contributed by atoms with van der Waals surface area (Å²) in [6, 6.07) is 12.7. The van der Waals surface area contributed by atoms with Gasteiger partial charge in [-0.25, -0.2) is 10.1 Å². The standard InChI is InChI=1S/C20H21N7O4S/c1-12(13-7-8-16-17(9-13)31-11-30-16)23-24-19-25-26-20(27(19)21)32-10-18(28)22-14-5-3-4-6-15(14)29-2/h3-9H,10-11,21H2,1-2H3,(H,22,28)(H,24,25)/b23-12+. The molecule has 1 aromatic heterocycles. The Morgan fingerprint density at radius 2 is 2.06 bits per heavy atom. The Morgan fingerprint density at radius 1 is 1.25 bits per heavy atom. The van der Waals surface area contributed by atoms with Crippen LogP contribution in [-0.2, 0) is 4.79 Å². The number of aromatic nitrogens is 3. The van der Waals surface area contributed by atoms with Gasteiger partial charge in [0.2, 0.25) is 17.9 Å². The largest absolute Gasteiger partial charge is 0.495 e. The number of carbonyl (C=O) groups is 1. The molecule has 11 nitrogen and oxygen atoms in total. The summed E-state index contributed by atoms with van der Waals surface area (Å²) in [5, 5.41) is 15.4. The molecule has 0 unspecified atom stereocenters. The molecule has 1 aliphatic heterocycles. The Labute approximate surface area is 187 Å². The van der Waals surface area contributed by atoms with Crippen LogP contribution in [0.15, 0.2) is 52.7 Å². The maximum atomic E-state index is 12.3. The van der Waals surface area contributed by atoms with Crippen LogP contribution in [0.5, 0.6) is 17.2 Å². The average molecular weight is 456 g/mol. The van der Waals surface area contributed by atoms with Gasteiger partial charge in [0.05, 0.1) is 24.3 Å². The molecule has 2 heterocycles. The van der Waals surface area contributed by atoms with E-state index in [1.807, 2.05) is 37.3 Å². The molecule has 0 aliphatic carbocycles. The van der Waals surface area contributed by atoms with Crippen molar-refractivity contribution in [3.8, 4) is 17.2 Å². The highest BCUT2D eigenvalue weighted by molar-refractivity contribution is 7.99. The SMILES string of the molecule is COc1ccccc1NC(=O)CSc1nnc(N/N=C(\C)c2ccc3c(c2)OCO3)n1N. The summed E-state index contributed by atoms with van der Waals surface area (Å²) in [7, 11) is 1.54. The predicted molar refractivity (Wildman–Crippen MR) is 121 cm³/mol. The summed E-state index contributed by atoms with van der Waals surface area (Å²) in [5.41, 5.74) is 4.93. The number of nitrogen functional groups attached to an aromatic ring is 1. The van der Waals surface area contributed by atoms with Crippen molar-refractivity contribution in [2.45, 2.75) is 12.1 Å². The molecule has 12 heteroatoms. The Hall–Kier alpha value is -3.93. The van der Waals surface area contributed by atoms with E-state index >= 15 is 0 Å². The van der Waals surface area contributed by atoms with Crippen LogP contribution < -0.4 is 30.8 Å². The normalized spacial score (nSPS) is 12.5. The topological polar surface area (TPSA) is 138 Å². The summed E-state index contributed by atoms with van der Waals surface area (Å²) in [6.45, 7) is 2.04. The number of hydrogen-bond acceptors (Lipinski definition) is 10. The van der Waals surface area contributed by atoms with Gasteiger partial charge in [-0.1, -0.05) is 23.9 Å². The predicted octanol–water partition coefficient (Wildman–Crippen LogP) is 2.30. The lowest BCUT2D eigenvalue weighted by atomic mass is 10.1. The number of fused-ring (bicyclic) bond motifs is 1. The molecule has 4 rings (SSSR count). The zero-order valence-electron chi connectivity index (χ0n) is 17.4. The first-order valence-electron chi connectivity index (χ1n) is 9.51. The molecular formula is C20H21N7O4S. The fraction of sp³-hybridized carbons (Fsp3) is 0.200. The zero-order valence-corrected chi connectivity index (χ0v) is 18.2. The highest BCUT2D eigenvalue weighted by Gasteiger charge is 2.15. The number of para-hydroxylation sites is 2. The molecule has 3 aromatic rings. The van der Waals surface area contributed by atoms with E-state index in [0.717, 1.165) is 17.3 Å². The van der Waals surface area contributed by atoms with E-state index in [1.165, 1.54) is 4.68 Å². The number of ether oxygens (including phenoxy) is 3. The summed E-state index contributed by atoms with van der Waals surface area (Å²) in [5.74, 6) is 8.08. The third kappa shape index (κ3) is 4.70. The smallest absolute Gasteiger partial charge is 0.264 e. The van der Waals surface area contributed by atoms with E-state index in [4.69, 9.17) is 20.1 Å². The monoisotopic (exact) mass is 455 g/mol. The van der Waals surface area contributed by atoms with Crippen molar-refractivity contribution in [3.05, 3.63) is 48.0 Å². The van der Waals surface area contributed by atoms with E-state index in [-0.39, 0.29) is 24.4 Å². The minimum Gasteiger partial charge on any atom is -0.495 e. The van der Waals surface area contributed by atoms with Gasteiger partial charge in [0.25, 0.3) is 5.95 Å². The third-order valence-electron chi connectivity index (χ3n) is 4.49. The first kappa shape index (κ1) is 21.3. The van der Waals surface area contributed by atoms with Crippen LogP contribution in [0.1, 0.15) is 12.5 Å². The number of benzene rings is 2. The van der Waals surface area contributed by atoms with Crippen LogP contribution in [0.25, 0.3) is 0 Å². The molecule has 32 heavy (non-hydrogen) atoms. The average Bonchev–Trinajstić information content (AvgIpc) is 3.42. The number of rotatable bonds is 8. The molecule has 166 valence electrons. The molecule has 2 aromatic carbocycles. The van der Waals surface area contributed by atoms with Crippen molar-refractivity contribution in [1.29, 1.82) is 0 Å². The number of hydrazone groups is 1. The number of nitrogens with zero attached hydrogens (tertiary/aromatic N) is 4. The lowest BCUT2D eigenvalue weighted by molar-refractivity contribution is -0.113. The Kier molecular flexibility index (Phi) is 6.31. The first-order valence-corrected chi connectivity index (χ1v) is 10.5. The minimum absolute atomic E-state index is 0.0902. The van der Waals surface area contributed by atoms with E-state index in [1.54, 1.807) is 19.2 Å². The van der Waals surface area contributed by atoms with E-state index in [0.29, 0.717) is 33.8 Å². The van der Waals surface area contributed by atoms with Crippen LogP contribution in [0.3, 0.4) is 0 Å². The van der Waals surface area contributed by atoms with Crippen molar-refractivity contribution in [1.82, 2.24) is 14.9 Å². The molecule has 0 atom stereocenters. The number of thioether (sulfide) groups is 1. The van der Waals surface area contributed by atoms with Gasteiger partial charge < -0.3 is 25.4 Å². The summed E-state index contributed by atoms with van der Waals surface area (Å²) in [4.78, 5) is 12.3. The second-order valence-electron chi connectivity index (χ2n) is 6.59. The van der Waals surface area contributed by atoms with Crippen molar-refractivity contribution < 1.29 is 19.0 Å². The molecule has 4 N–H and O–H groups in total. The molecule has 0 saturated carbocycles. The van der Waals surface area contributed by atoms with Crippen LogP contribution in [0.2, 0.25) is 0 Å². The fourth-order valence-electron chi connectivity index (χ4n) is 2.84. The van der Waals surface area contributed by atoms with Crippen LogP contribution in [0, 0.1) is 0 Å². The van der Waals surface area contributed by atoms with Crippen molar-refractivity contribution >= 4 is 35.0 Å². The maximum absolute atomic E-state index is 12.3. The number of hydrogen-bond donors (Lipinski definition) is 3. The van der Waals surface area contributed by atoms with Crippen LogP contribution in [0.4, 0.5) is 11.6 Å². The molecule has 0 saturated heterocycles. The Bertz CT molecular complexity index is 1160. The van der Waals surface area contributed by atoms with Gasteiger partial charge in [0.1, 0.15) is 5.75 Å². The zero-order chi connectivity index (χ0) is 22.5. The number of methoxy groups -OCH3 is 1. The lowest BCUT2D eigenvalue weighted by Gasteiger charge is -2.09. The quantitative estimate of drug-likeness (QED) is 0.202. The third-order valence-corrected chi connectivity index (χ3v) is 5.43. The van der Waals surface area contributed by atoms with Gasteiger partial charge in [-0.15, -0.1) is 10.2 Å². The van der Waals surface area contributed by atoms with Crippen molar-refractivity contribution in [2.24, 2.45) is 5.10 Å². The van der Waals surface area contributed by atoms with E-state index in [2.05, 4.69) is 26.0 Å². The Balaban J connectivity index is 1.35. The summed E-state index contributed by atoms with van der Waals surface area (Å²) < 4.78 is 17.2. The van der Waals surface area contributed by atoms with Crippen LogP contribution >= 0.6 is 11.8 Å². The fourth-order valence-corrected chi connectivity index (χ4v) is 3.49. The minimum atomic E-state index is -0.228. The van der Waals surface area contributed by atoms with E-state index < -0.39 is 0 Å². The van der Waals surface area contributed by atoms with Gasteiger partial charge in [0.15, 0.2) is 11.5 Å². The van der Waals surface area contributed by atoms with Gasteiger partial charge in [-0.05, 0) is 37.3 Å². The Morgan fingerprint density at radius 3 is 2.91 bits per heavy atom. The molecule has 1 amide bonds. The summed E-state index contributed by atoms with van der Waals surface area (Å²) in [6.07, 6.45) is 0. The van der Waals surface area contributed by atoms with Crippen LogP contribution in [-0.4, -0.2) is 46.1 Å². The second kappa shape index (κ2) is 9.47. The molecular weight excluding hydrogens is 434 g/mol. The number of carbonyl (C=O) groups excluding carboxylic acids is 1. The number of anilines is 2. The molecule has 1 aliphatic rings. The highest BCUT2D eigenvalue weighted by atomic mass is 32.2. The van der Waals surface area contributed by atoms with Crippen molar-refractivity contribution in [2.75, 3.05) is 36.2 Å². The van der Waals surface area contributed by atoms with E-state index in [9.17, 15) is 4.79 Å². The molecule has 0 fully saturated rings. The maximum Gasteiger partial charge on any atom is 0.264 e. The molecule has 0 radical (unpaired) electrons. The lowest BCUT2D eigenvalue weighted by Crippen LogP contribution is -2.17. The molecule has 0 spiro atoms. The van der Waals surface area contributed by atoms with Gasteiger partial charge in [0, 0.05) is 5.56 Å². The summed E-state index contributed by atoms with van der Waals surface area (Å²) >= 11 is 1.15. The number of nitrogens with one attached hydrogen (secondary N) is 2. The van der Waals surface area contributed by atoms with Crippen molar-refractivity contribution in [3.63, 3.8) is 0 Å². The van der Waals surface area contributed by atoms with Gasteiger partial charge in [-0.3, -0.25) is 4.79 Å².